The summed E-state index contributed by atoms with van der Waals surface area (Å²) in [6.45, 7) is 3.93. The predicted octanol–water partition coefficient (Wildman–Crippen LogP) is 2.07. The second kappa shape index (κ2) is 14.3. The van der Waals surface area contributed by atoms with Gasteiger partial charge in [-0.2, -0.15) is 0 Å². The number of aliphatic hydroxyl groups is 1. The third-order valence-corrected chi connectivity index (χ3v) is 9.09. The predicted molar refractivity (Wildman–Crippen MR) is 155 cm³/mol. The molecule has 0 bridgehead atoms. The average molecular weight is 614 g/mol. The lowest BCUT2D eigenvalue weighted by Gasteiger charge is -2.34. The standard InChI is InChI=1S/C28H35N7O7S/c29-33-32-23(18-5-9-41-10-6-18)27(38)35-14-20(36)13-22(35)26(37)31-21(15-34-7-11-42-12-8-34)17-1-3-19(4-2-17)25-24(28(39)40)30-16-43-25/h1-4,16,18,20-23,36H,5-15H2,(H,31,37)(H,39,40)/t20-,21+,22+,23+/m1/s1. The van der Waals surface area contributed by atoms with Crippen molar-refractivity contribution in [1.82, 2.24) is 20.1 Å². The molecule has 4 atom stereocenters. The van der Waals surface area contributed by atoms with Crippen molar-refractivity contribution in [3.05, 3.63) is 51.5 Å². The monoisotopic (exact) mass is 613 g/mol. The van der Waals surface area contributed by atoms with E-state index in [1.54, 1.807) is 12.1 Å². The smallest absolute Gasteiger partial charge is 0.356 e. The highest BCUT2D eigenvalue weighted by molar-refractivity contribution is 7.13. The van der Waals surface area contributed by atoms with E-state index >= 15 is 0 Å². The quantitative estimate of drug-likeness (QED) is 0.205. The fourth-order valence-corrected chi connectivity index (χ4v) is 6.71. The minimum atomic E-state index is -1.10. The van der Waals surface area contributed by atoms with E-state index in [0.29, 0.717) is 69.3 Å². The minimum Gasteiger partial charge on any atom is -0.476 e. The highest BCUT2D eigenvalue weighted by Crippen LogP contribution is 2.30. The van der Waals surface area contributed by atoms with Crippen LogP contribution in [-0.4, -0.2) is 114 Å². The van der Waals surface area contributed by atoms with E-state index in [1.807, 2.05) is 12.1 Å². The lowest BCUT2D eigenvalue weighted by atomic mass is 9.91. The third kappa shape index (κ3) is 7.32. The maximum atomic E-state index is 13.8. The van der Waals surface area contributed by atoms with Crippen molar-refractivity contribution in [2.45, 2.75) is 43.5 Å². The van der Waals surface area contributed by atoms with Crippen molar-refractivity contribution < 1.29 is 34.1 Å². The Kier molecular flexibility index (Phi) is 10.2. The molecule has 0 saturated carbocycles. The number of rotatable bonds is 10. The Balaban J connectivity index is 1.36. The molecule has 5 rings (SSSR count). The number of aromatic carboxylic acids is 1. The number of morpholine rings is 1. The van der Waals surface area contributed by atoms with Gasteiger partial charge in [0.2, 0.25) is 11.8 Å². The summed E-state index contributed by atoms with van der Waals surface area (Å²) in [5, 5.41) is 26.9. The molecule has 1 aromatic heterocycles. The second-order valence-corrected chi connectivity index (χ2v) is 11.8. The Labute approximate surface area is 252 Å². The summed E-state index contributed by atoms with van der Waals surface area (Å²) >= 11 is 1.24. The van der Waals surface area contributed by atoms with Gasteiger partial charge in [-0.25, -0.2) is 9.78 Å². The van der Waals surface area contributed by atoms with E-state index in [1.165, 1.54) is 21.7 Å². The topological polar surface area (TPSA) is 190 Å². The molecule has 230 valence electrons. The number of likely N-dealkylation sites (tertiary alicyclic amines) is 1. The summed E-state index contributed by atoms with van der Waals surface area (Å²) in [5.41, 5.74) is 12.2. The first kappa shape index (κ1) is 30.9. The van der Waals surface area contributed by atoms with Gasteiger partial charge in [-0.3, -0.25) is 14.5 Å². The Bertz CT molecular complexity index is 1340. The number of ether oxygens (including phenoxy) is 2. The van der Waals surface area contributed by atoms with Gasteiger partial charge in [0.15, 0.2) is 5.69 Å². The van der Waals surface area contributed by atoms with E-state index in [-0.39, 0.29) is 24.6 Å². The fourth-order valence-electron chi connectivity index (χ4n) is 5.92. The number of β-amino-alcohol motifs (C(OH)–C–C–N with tert-alkyl or cyclic N) is 1. The Morgan fingerprint density at radius 1 is 1.14 bits per heavy atom. The van der Waals surface area contributed by atoms with Gasteiger partial charge in [0, 0.05) is 50.7 Å². The van der Waals surface area contributed by atoms with Crippen LogP contribution in [0.3, 0.4) is 0 Å². The van der Waals surface area contributed by atoms with Crippen LogP contribution in [0.2, 0.25) is 0 Å². The summed E-state index contributed by atoms with van der Waals surface area (Å²) in [4.78, 5) is 50.0. The van der Waals surface area contributed by atoms with Crippen LogP contribution >= 0.6 is 11.3 Å². The van der Waals surface area contributed by atoms with E-state index in [0.717, 1.165) is 5.56 Å². The molecule has 3 aliphatic heterocycles. The largest absolute Gasteiger partial charge is 0.476 e. The first-order valence-electron chi connectivity index (χ1n) is 14.3. The van der Waals surface area contributed by atoms with Gasteiger partial charge in [0.05, 0.1) is 35.7 Å². The molecule has 0 aliphatic carbocycles. The average Bonchev–Trinajstić information content (AvgIpc) is 3.68. The molecule has 0 spiro atoms. The van der Waals surface area contributed by atoms with Gasteiger partial charge in [0.1, 0.15) is 12.1 Å². The molecule has 2 aromatic rings. The lowest BCUT2D eigenvalue weighted by Crippen LogP contribution is -2.52. The number of azide groups is 1. The van der Waals surface area contributed by atoms with Crippen LogP contribution in [0.1, 0.15) is 41.4 Å². The maximum Gasteiger partial charge on any atom is 0.356 e. The second-order valence-electron chi connectivity index (χ2n) is 10.9. The molecule has 0 unspecified atom stereocenters. The molecular weight excluding hydrogens is 578 g/mol. The molecule has 14 nitrogen and oxygen atoms in total. The molecule has 3 N–H and O–H groups in total. The SMILES string of the molecule is [N-]=[N+]=N[C@H](C(=O)N1C[C@H](O)C[C@H]1C(=O)N[C@@H](CN1CCOCC1)c1ccc(-c2scnc2C(=O)O)cc1)C1CCOCC1. The first-order valence-corrected chi connectivity index (χ1v) is 15.2. The number of thiazole rings is 1. The van der Waals surface area contributed by atoms with E-state index in [4.69, 9.17) is 9.47 Å². The molecule has 15 heteroatoms. The van der Waals surface area contributed by atoms with Crippen LogP contribution < -0.4 is 5.32 Å². The molecule has 0 radical (unpaired) electrons. The van der Waals surface area contributed by atoms with Crippen molar-refractivity contribution in [3.8, 4) is 10.4 Å². The van der Waals surface area contributed by atoms with Gasteiger partial charge in [-0.05, 0) is 35.4 Å². The normalized spacial score (nSPS) is 22.9. The number of aromatic nitrogens is 1. The highest BCUT2D eigenvalue weighted by Gasteiger charge is 2.43. The lowest BCUT2D eigenvalue weighted by molar-refractivity contribution is -0.141. The van der Waals surface area contributed by atoms with Gasteiger partial charge < -0.3 is 29.9 Å². The zero-order chi connectivity index (χ0) is 30.3. The molecule has 2 amide bonds. The highest BCUT2D eigenvalue weighted by atomic mass is 32.1. The van der Waals surface area contributed by atoms with Crippen molar-refractivity contribution >= 4 is 29.1 Å². The maximum absolute atomic E-state index is 13.8. The van der Waals surface area contributed by atoms with Gasteiger partial charge >= 0.3 is 5.97 Å². The van der Waals surface area contributed by atoms with E-state index in [9.17, 15) is 30.1 Å². The number of carbonyl (C=O) groups is 3. The number of aliphatic hydroxyl groups excluding tert-OH is 1. The van der Waals surface area contributed by atoms with E-state index < -0.39 is 42.0 Å². The van der Waals surface area contributed by atoms with Gasteiger partial charge in [-0.15, -0.1) is 11.3 Å². The summed E-state index contributed by atoms with van der Waals surface area (Å²) in [7, 11) is 0. The van der Waals surface area contributed by atoms with Gasteiger partial charge in [0.25, 0.3) is 0 Å². The van der Waals surface area contributed by atoms with Crippen molar-refractivity contribution in [3.63, 3.8) is 0 Å². The van der Waals surface area contributed by atoms with Crippen LogP contribution in [0.15, 0.2) is 34.9 Å². The first-order chi connectivity index (χ1) is 20.9. The summed E-state index contributed by atoms with van der Waals surface area (Å²) in [5.74, 6) is -2.18. The molecule has 3 aliphatic rings. The summed E-state index contributed by atoms with van der Waals surface area (Å²) < 4.78 is 10.9. The number of benzene rings is 1. The third-order valence-electron chi connectivity index (χ3n) is 8.21. The summed E-state index contributed by atoms with van der Waals surface area (Å²) in [6.07, 6.45) is 0.313. The zero-order valence-electron chi connectivity index (χ0n) is 23.6. The number of carboxylic acids is 1. The van der Waals surface area contributed by atoms with Crippen LogP contribution in [0, 0.1) is 5.92 Å². The van der Waals surface area contributed by atoms with Crippen LogP contribution in [0.4, 0.5) is 0 Å². The van der Waals surface area contributed by atoms with E-state index in [2.05, 4.69) is 25.2 Å². The number of amides is 2. The molecule has 43 heavy (non-hydrogen) atoms. The number of nitrogens with zero attached hydrogens (tertiary/aromatic N) is 6. The number of carbonyl (C=O) groups excluding carboxylic acids is 2. The van der Waals surface area contributed by atoms with Crippen molar-refractivity contribution in [2.75, 3.05) is 52.6 Å². The van der Waals surface area contributed by atoms with Crippen LogP contribution in [-0.2, 0) is 19.1 Å². The molecule has 4 heterocycles. The molecule has 3 saturated heterocycles. The molecule has 3 fully saturated rings. The number of hydrogen-bond acceptors (Lipinski definition) is 10. The van der Waals surface area contributed by atoms with Crippen LogP contribution in [0.5, 0.6) is 0 Å². The Morgan fingerprint density at radius 2 is 1.84 bits per heavy atom. The molecular formula is C28H35N7O7S. The molecule has 1 aromatic carbocycles. The van der Waals surface area contributed by atoms with Crippen molar-refractivity contribution in [1.29, 1.82) is 0 Å². The Hall–Kier alpha value is -3.59. The fraction of sp³-hybridized carbons (Fsp3) is 0.571. The number of carboxylic acid groups (broad SMARTS) is 1. The minimum absolute atomic E-state index is 0.0136. The number of hydrogen-bond donors (Lipinski definition) is 3. The van der Waals surface area contributed by atoms with Crippen molar-refractivity contribution in [2.24, 2.45) is 11.0 Å². The summed E-state index contributed by atoms with van der Waals surface area (Å²) in [6, 6.07) is 4.94. The Morgan fingerprint density at radius 3 is 2.51 bits per heavy atom. The van der Waals surface area contributed by atoms with Crippen LogP contribution in [0.25, 0.3) is 20.9 Å². The van der Waals surface area contributed by atoms with Gasteiger partial charge in [-0.1, -0.05) is 29.4 Å². The zero-order valence-corrected chi connectivity index (χ0v) is 24.4. The number of nitrogens with one attached hydrogen (secondary N) is 1.